The molecule has 0 aromatic rings. The van der Waals surface area contributed by atoms with Gasteiger partial charge in [-0.25, -0.2) is 0 Å². The van der Waals surface area contributed by atoms with E-state index < -0.39 is 5.41 Å². The molecular weight excluding hydrogens is 200 g/mol. The van der Waals surface area contributed by atoms with Gasteiger partial charge in [0, 0.05) is 12.6 Å². The van der Waals surface area contributed by atoms with Crippen LogP contribution < -0.4 is 0 Å². The Morgan fingerprint density at radius 1 is 1.69 bits per heavy atom. The van der Waals surface area contributed by atoms with Crippen LogP contribution in [0.2, 0.25) is 0 Å². The van der Waals surface area contributed by atoms with E-state index in [0.29, 0.717) is 25.3 Å². The first kappa shape index (κ1) is 12.8. The monoisotopic (exact) mass is 220 g/mol. The first-order valence-electron chi connectivity index (χ1n) is 5.80. The van der Waals surface area contributed by atoms with Gasteiger partial charge in [-0.05, 0) is 32.6 Å². The fraction of sp³-hybridized carbons (Fsp3) is 0.692. The Hall–Kier alpha value is -1.30. The Balaban J connectivity index is 2.82. The van der Waals surface area contributed by atoms with Crippen LogP contribution in [0.1, 0.15) is 33.6 Å². The average Bonchev–Trinajstić information content (AvgIpc) is 2.19. The molecule has 3 nitrogen and oxygen atoms in total. The molecule has 0 atom stereocenters. The lowest BCUT2D eigenvalue weighted by Crippen LogP contribution is -2.52. The second kappa shape index (κ2) is 4.69. The molecule has 0 saturated heterocycles. The van der Waals surface area contributed by atoms with Gasteiger partial charge in [-0.3, -0.25) is 4.79 Å². The van der Waals surface area contributed by atoms with Crippen LogP contribution in [0.25, 0.3) is 0 Å². The van der Waals surface area contributed by atoms with Crippen molar-refractivity contribution in [2.75, 3.05) is 6.54 Å². The summed E-state index contributed by atoms with van der Waals surface area (Å²) in [5, 5.41) is 9.20. The van der Waals surface area contributed by atoms with Crippen LogP contribution in [0, 0.1) is 22.7 Å². The highest BCUT2D eigenvalue weighted by molar-refractivity contribution is 5.87. The molecule has 16 heavy (non-hydrogen) atoms. The molecule has 0 aromatic heterocycles. The van der Waals surface area contributed by atoms with E-state index in [-0.39, 0.29) is 11.9 Å². The maximum atomic E-state index is 12.3. The number of carbonyl (C=O) groups excluding carboxylic acids is 1. The maximum absolute atomic E-state index is 12.3. The summed E-state index contributed by atoms with van der Waals surface area (Å²) in [6, 6.07) is 2.33. The molecule has 1 fully saturated rings. The molecule has 0 unspecified atom stereocenters. The van der Waals surface area contributed by atoms with E-state index in [1.807, 2.05) is 13.8 Å². The van der Waals surface area contributed by atoms with E-state index in [1.54, 1.807) is 11.0 Å². The molecule has 0 N–H and O–H groups in total. The molecule has 1 aliphatic carbocycles. The molecule has 3 heteroatoms. The Labute approximate surface area is 97.7 Å². The summed E-state index contributed by atoms with van der Waals surface area (Å²) in [4.78, 5) is 14.0. The number of nitriles is 1. The highest BCUT2D eigenvalue weighted by Gasteiger charge is 2.50. The molecule has 0 bridgehead atoms. The number of amides is 1. The first-order chi connectivity index (χ1) is 7.46. The SMILES string of the molecule is C=CCN(C(=O)C1(C#N)CC(C)C1)C(C)C. The molecule has 0 heterocycles. The molecule has 0 radical (unpaired) electrons. The van der Waals surface area contributed by atoms with Crippen molar-refractivity contribution in [1.29, 1.82) is 5.26 Å². The highest BCUT2D eigenvalue weighted by atomic mass is 16.2. The van der Waals surface area contributed by atoms with E-state index in [2.05, 4.69) is 19.6 Å². The smallest absolute Gasteiger partial charge is 0.243 e. The quantitative estimate of drug-likeness (QED) is 0.683. The summed E-state index contributed by atoms with van der Waals surface area (Å²) < 4.78 is 0. The van der Waals surface area contributed by atoms with Gasteiger partial charge in [0.1, 0.15) is 5.41 Å². The fourth-order valence-electron chi connectivity index (χ4n) is 2.39. The zero-order chi connectivity index (χ0) is 12.3. The lowest BCUT2D eigenvalue weighted by molar-refractivity contribution is -0.146. The zero-order valence-corrected chi connectivity index (χ0v) is 10.4. The van der Waals surface area contributed by atoms with Crippen molar-refractivity contribution in [2.45, 2.75) is 39.7 Å². The van der Waals surface area contributed by atoms with Crippen LogP contribution in [0.4, 0.5) is 0 Å². The fourth-order valence-corrected chi connectivity index (χ4v) is 2.39. The molecule has 0 aromatic carbocycles. The van der Waals surface area contributed by atoms with Crippen LogP contribution in [0.15, 0.2) is 12.7 Å². The normalized spacial score (nSPS) is 28.1. The minimum Gasteiger partial charge on any atom is -0.335 e. The predicted octanol–water partition coefficient (Wildman–Crippen LogP) is 2.35. The van der Waals surface area contributed by atoms with Gasteiger partial charge < -0.3 is 4.90 Å². The lowest BCUT2D eigenvalue weighted by Gasteiger charge is -2.43. The number of hydrogen-bond donors (Lipinski definition) is 0. The van der Waals surface area contributed by atoms with Crippen LogP contribution >= 0.6 is 0 Å². The van der Waals surface area contributed by atoms with E-state index in [1.165, 1.54) is 0 Å². The molecule has 0 aliphatic heterocycles. The number of nitrogens with zero attached hydrogens (tertiary/aromatic N) is 2. The van der Waals surface area contributed by atoms with Crippen molar-refractivity contribution < 1.29 is 4.79 Å². The van der Waals surface area contributed by atoms with E-state index >= 15 is 0 Å². The molecule has 1 aliphatic rings. The lowest BCUT2D eigenvalue weighted by atomic mass is 9.62. The molecular formula is C13H20N2O. The summed E-state index contributed by atoms with van der Waals surface area (Å²) in [7, 11) is 0. The predicted molar refractivity (Wildman–Crippen MR) is 63.5 cm³/mol. The first-order valence-corrected chi connectivity index (χ1v) is 5.80. The number of hydrogen-bond acceptors (Lipinski definition) is 2. The Morgan fingerprint density at radius 3 is 2.56 bits per heavy atom. The minimum atomic E-state index is -0.757. The van der Waals surface area contributed by atoms with E-state index in [0.717, 1.165) is 0 Å². The van der Waals surface area contributed by atoms with Crippen LogP contribution in [-0.4, -0.2) is 23.4 Å². The van der Waals surface area contributed by atoms with Crippen molar-refractivity contribution in [2.24, 2.45) is 11.3 Å². The van der Waals surface area contributed by atoms with Gasteiger partial charge in [0.2, 0.25) is 5.91 Å². The molecule has 88 valence electrons. The van der Waals surface area contributed by atoms with Crippen molar-refractivity contribution in [3.8, 4) is 6.07 Å². The molecule has 1 amide bonds. The second-order valence-corrected chi connectivity index (χ2v) is 5.05. The summed E-state index contributed by atoms with van der Waals surface area (Å²) >= 11 is 0. The molecule has 1 saturated carbocycles. The average molecular weight is 220 g/mol. The summed E-state index contributed by atoms with van der Waals surface area (Å²) in [5.41, 5.74) is -0.757. The summed E-state index contributed by atoms with van der Waals surface area (Å²) in [6.07, 6.45) is 3.11. The Morgan fingerprint density at radius 2 is 2.25 bits per heavy atom. The van der Waals surface area contributed by atoms with Crippen LogP contribution in [0.5, 0.6) is 0 Å². The van der Waals surface area contributed by atoms with Gasteiger partial charge in [-0.1, -0.05) is 13.0 Å². The third kappa shape index (κ3) is 2.11. The molecule has 1 rings (SSSR count). The second-order valence-electron chi connectivity index (χ2n) is 5.05. The largest absolute Gasteiger partial charge is 0.335 e. The number of rotatable bonds is 4. The van der Waals surface area contributed by atoms with Gasteiger partial charge in [0.15, 0.2) is 0 Å². The van der Waals surface area contributed by atoms with Crippen molar-refractivity contribution >= 4 is 5.91 Å². The Bertz CT molecular complexity index is 321. The van der Waals surface area contributed by atoms with Gasteiger partial charge >= 0.3 is 0 Å². The van der Waals surface area contributed by atoms with Gasteiger partial charge in [0.05, 0.1) is 6.07 Å². The van der Waals surface area contributed by atoms with Gasteiger partial charge in [-0.15, -0.1) is 6.58 Å². The van der Waals surface area contributed by atoms with Crippen LogP contribution in [0.3, 0.4) is 0 Å². The third-order valence-electron chi connectivity index (χ3n) is 3.23. The summed E-state index contributed by atoms with van der Waals surface area (Å²) in [6.45, 7) is 10.2. The van der Waals surface area contributed by atoms with Crippen molar-refractivity contribution in [1.82, 2.24) is 4.90 Å². The summed E-state index contributed by atoms with van der Waals surface area (Å²) in [5.74, 6) is 0.462. The molecule has 0 spiro atoms. The van der Waals surface area contributed by atoms with Crippen LogP contribution in [-0.2, 0) is 4.79 Å². The van der Waals surface area contributed by atoms with Gasteiger partial charge in [-0.2, -0.15) is 5.26 Å². The van der Waals surface area contributed by atoms with E-state index in [4.69, 9.17) is 0 Å². The minimum absolute atomic E-state index is 0.0250. The van der Waals surface area contributed by atoms with Crippen molar-refractivity contribution in [3.05, 3.63) is 12.7 Å². The topological polar surface area (TPSA) is 44.1 Å². The van der Waals surface area contributed by atoms with E-state index in [9.17, 15) is 10.1 Å². The highest BCUT2D eigenvalue weighted by Crippen LogP contribution is 2.46. The van der Waals surface area contributed by atoms with Gasteiger partial charge in [0.25, 0.3) is 0 Å². The van der Waals surface area contributed by atoms with Crippen molar-refractivity contribution in [3.63, 3.8) is 0 Å². The number of carbonyl (C=O) groups is 1. The standard InChI is InChI=1S/C13H20N2O/c1-5-6-15(10(2)3)12(16)13(9-14)7-11(4)8-13/h5,10-11H,1,6-8H2,2-4H3. The Kier molecular flexibility index (Phi) is 3.74. The zero-order valence-electron chi connectivity index (χ0n) is 10.4. The third-order valence-corrected chi connectivity index (χ3v) is 3.23. The maximum Gasteiger partial charge on any atom is 0.243 e.